The summed E-state index contributed by atoms with van der Waals surface area (Å²) >= 11 is 0. The molecule has 0 radical (unpaired) electrons. The Balaban J connectivity index is 1.42. The highest BCUT2D eigenvalue weighted by Crippen LogP contribution is 2.41. The number of aromatic nitrogens is 2. The molecule has 2 fully saturated rings. The fourth-order valence-electron chi connectivity index (χ4n) is 4.92. The third kappa shape index (κ3) is 5.15. The number of hydrogen-bond donors (Lipinski definition) is 2. The van der Waals surface area contributed by atoms with Gasteiger partial charge in [0, 0.05) is 24.9 Å². The second kappa shape index (κ2) is 10.4. The molecule has 10 nitrogen and oxygen atoms in total. The lowest BCUT2D eigenvalue weighted by Crippen LogP contribution is -2.41. The fourth-order valence-corrected chi connectivity index (χ4v) is 5.87. The molecule has 2 aromatic carbocycles. The van der Waals surface area contributed by atoms with Gasteiger partial charge in [-0.1, -0.05) is 6.92 Å². The molecule has 2 saturated heterocycles. The Kier molecular flexibility index (Phi) is 7.19. The Morgan fingerprint density at radius 1 is 1.26 bits per heavy atom. The van der Waals surface area contributed by atoms with Crippen molar-refractivity contribution in [2.24, 2.45) is 0 Å². The van der Waals surface area contributed by atoms with Crippen molar-refractivity contribution in [3.8, 4) is 17.6 Å². The van der Waals surface area contributed by atoms with Crippen LogP contribution >= 0.6 is 0 Å². The smallest absolute Gasteiger partial charge is 0.301 e. The van der Waals surface area contributed by atoms with Crippen molar-refractivity contribution in [2.75, 3.05) is 38.0 Å². The molecular formula is C26H29FN6O4S. The van der Waals surface area contributed by atoms with E-state index in [0.717, 1.165) is 53.8 Å². The topological polar surface area (TPSA) is 129 Å². The van der Waals surface area contributed by atoms with Crippen molar-refractivity contribution < 1.29 is 22.3 Å². The number of nitriles is 1. The summed E-state index contributed by atoms with van der Waals surface area (Å²) in [6, 6.07) is 11.1. The first-order chi connectivity index (χ1) is 18.2. The minimum Gasteiger partial charge on any atom is -0.453 e. The lowest BCUT2D eigenvalue weighted by atomic mass is 9.85. The van der Waals surface area contributed by atoms with Gasteiger partial charge in [-0.25, -0.2) is 4.39 Å². The van der Waals surface area contributed by atoms with Crippen LogP contribution in [0.3, 0.4) is 0 Å². The molecule has 200 valence electrons. The Bertz CT molecular complexity index is 1500. The molecule has 3 aromatic rings. The zero-order chi connectivity index (χ0) is 26.9. The molecule has 12 heteroatoms. The molecule has 3 heterocycles. The van der Waals surface area contributed by atoms with Gasteiger partial charge >= 0.3 is 10.2 Å². The van der Waals surface area contributed by atoms with Gasteiger partial charge in [0.05, 0.1) is 29.1 Å². The van der Waals surface area contributed by atoms with E-state index in [2.05, 4.69) is 20.2 Å². The molecule has 2 N–H and O–H groups in total. The van der Waals surface area contributed by atoms with Crippen LogP contribution in [-0.4, -0.2) is 61.8 Å². The Morgan fingerprint density at radius 2 is 2.05 bits per heavy atom. The summed E-state index contributed by atoms with van der Waals surface area (Å²) in [5, 5.41) is 22.7. The summed E-state index contributed by atoms with van der Waals surface area (Å²) in [6.07, 6.45) is 2.83. The van der Waals surface area contributed by atoms with Crippen LogP contribution in [0.5, 0.6) is 11.5 Å². The summed E-state index contributed by atoms with van der Waals surface area (Å²) in [5.41, 5.74) is 1.02. The van der Waals surface area contributed by atoms with Gasteiger partial charge in [0.1, 0.15) is 17.4 Å². The Labute approximate surface area is 220 Å². The molecule has 0 bridgehead atoms. The van der Waals surface area contributed by atoms with Crippen molar-refractivity contribution in [2.45, 2.75) is 37.7 Å². The summed E-state index contributed by atoms with van der Waals surface area (Å²) in [6.45, 7) is 4.36. The summed E-state index contributed by atoms with van der Waals surface area (Å²) < 4.78 is 55.2. The lowest BCUT2D eigenvalue weighted by molar-refractivity contribution is -0.0193. The highest BCUT2D eigenvalue weighted by atomic mass is 32.2. The average Bonchev–Trinajstić information content (AvgIpc) is 3.32. The SMILES string of the molecule is CCN(C)S(=O)(=O)Nc1ccc(F)c(Oc2ccc3nnc([C@H]4COC5(CCNCC5)C4)cc3c2)c1C#N. The van der Waals surface area contributed by atoms with Crippen molar-refractivity contribution in [3.05, 3.63) is 53.5 Å². The van der Waals surface area contributed by atoms with Gasteiger partial charge in [0.15, 0.2) is 11.6 Å². The van der Waals surface area contributed by atoms with E-state index < -0.39 is 16.0 Å². The predicted octanol–water partition coefficient (Wildman–Crippen LogP) is 3.67. The van der Waals surface area contributed by atoms with Crippen LogP contribution in [0.2, 0.25) is 0 Å². The highest BCUT2D eigenvalue weighted by Gasteiger charge is 2.42. The Hall–Kier alpha value is -3.37. The van der Waals surface area contributed by atoms with Crippen LogP contribution < -0.4 is 14.8 Å². The summed E-state index contributed by atoms with van der Waals surface area (Å²) in [4.78, 5) is 0. The maximum atomic E-state index is 14.8. The fraction of sp³-hybridized carbons (Fsp3) is 0.423. The molecule has 1 atom stereocenters. The third-order valence-corrected chi connectivity index (χ3v) is 8.81. The second-order valence-electron chi connectivity index (χ2n) is 9.67. The molecule has 5 rings (SSSR count). The first kappa shape index (κ1) is 26.2. The number of anilines is 1. The number of halogens is 1. The number of ether oxygens (including phenoxy) is 2. The van der Waals surface area contributed by atoms with Gasteiger partial charge in [-0.15, -0.1) is 0 Å². The molecule has 1 aromatic heterocycles. The van der Waals surface area contributed by atoms with Gasteiger partial charge in [-0.3, -0.25) is 4.72 Å². The number of nitrogens with zero attached hydrogens (tertiary/aromatic N) is 4. The number of nitrogens with one attached hydrogen (secondary N) is 2. The number of hydrogen-bond acceptors (Lipinski definition) is 8. The van der Waals surface area contributed by atoms with Crippen molar-refractivity contribution in [1.82, 2.24) is 19.8 Å². The maximum absolute atomic E-state index is 14.8. The van der Waals surface area contributed by atoms with Crippen LogP contribution in [0.1, 0.15) is 43.4 Å². The number of piperidine rings is 1. The zero-order valence-electron chi connectivity index (χ0n) is 21.2. The third-order valence-electron chi connectivity index (χ3n) is 7.25. The molecular weight excluding hydrogens is 511 g/mol. The van der Waals surface area contributed by atoms with Crippen molar-refractivity contribution >= 4 is 26.8 Å². The maximum Gasteiger partial charge on any atom is 0.301 e. The summed E-state index contributed by atoms with van der Waals surface area (Å²) in [5.74, 6) is -0.763. The number of fused-ring (bicyclic) bond motifs is 1. The Morgan fingerprint density at radius 3 is 2.79 bits per heavy atom. The van der Waals surface area contributed by atoms with E-state index in [9.17, 15) is 18.1 Å². The summed E-state index contributed by atoms with van der Waals surface area (Å²) in [7, 11) is -2.53. The molecule has 0 aliphatic carbocycles. The minimum absolute atomic E-state index is 0.0776. The first-order valence-corrected chi connectivity index (χ1v) is 13.9. The quantitative estimate of drug-likeness (QED) is 0.464. The van der Waals surface area contributed by atoms with Crippen LogP contribution in [-0.2, 0) is 14.9 Å². The number of rotatable bonds is 7. The van der Waals surface area contributed by atoms with E-state index >= 15 is 0 Å². The largest absolute Gasteiger partial charge is 0.453 e. The molecule has 0 saturated carbocycles. The van der Waals surface area contributed by atoms with E-state index in [4.69, 9.17) is 9.47 Å². The van der Waals surface area contributed by atoms with E-state index in [1.54, 1.807) is 25.1 Å². The van der Waals surface area contributed by atoms with Crippen molar-refractivity contribution in [1.29, 1.82) is 5.26 Å². The monoisotopic (exact) mass is 540 g/mol. The average molecular weight is 541 g/mol. The van der Waals surface area contributed by atoms with E-state index in [1.807, 2.05) is 12.1 Å². The normalized spacial score (nSPS) is 19.1. The highest BCUT2D eigenvalue weighted by molar-refractivity contribution is 7.90. The van der Waals surface area contributed by atoms with Crippen LogP contribution in [0.25, 0.3) is 10.9 Å². The van der Waals surface area contributed by atoms with Crippen LogP contribution in [0.15, 0.2) is 36.4 Å². The van der Waals surface area contributed by atoms with Gasteiger partial charge in [0.25, 0.3) is 0 Å². The number of benzene rings is 2. The van der Waals surface area contributed by atoms with Gasteiger partial charge < -0.3 is 14.8 Å². The van der Waals surface area contributed by atoms with Crippen LogP contribution in [0.4, 0.5) is 10.1 Å². The lowest BCUT2D eigenvalue weighted by Gasteiger charge is -2.32. The molecule has 2 aliphatic rings. The molecule has 38 heavy (non-hydrogen) atoms. The van der Waals surface area contributed by atoms with Gasteiger partial charge in [0.2, 0.25) is 0 Å². The second-order valence-corrected chi connectivity index (χ2v) is 11.4. The van der Waals surface area contributed by atoms with E-state index in [-0.39, 0.29) is 40.8 Å². The molecule has 0 amide bonds. The molecule has 1 spiro atoms. The first-order valence-electron chi connectivity index (χ1n) is 12.5. The van der Waals surface area contributed by atoms with Crippen molar-refractivity contribution in [3.63, 3.8) is 0 Å². The molecule has 2 aliphatic heterocycles. The minimum atomic E-state index is -3.93. The van der Waals surface area contributed by atoms with E-state index in [1.165, 1.54) is 13.1 Å². The molecule has 0 unspecified atom stereocenters. The van der Waals surface area contributed by atoms with Gasteiger partial charge in [-0.2, -0.15) is 28.2 Å². The van der Waals surface area contributed by atoms with Gasteiger partial charge in [-0.05, 0) is 68.8 Å². The zero-order valence-corrected chi connectivity index (χ0v) is 22.0. The predicted molar refractivity (Wildman–Crippen MR) is 140 cm³/mol. The van der Waals surface area contributed by atoms with E-state index in [0.29, 0.717) is 12.1 Å². The van der Waals surface area contributed by atoms with Crippen LogP contribution in [0, 0.1) is 17.1 Å². The standard InChI is InChI=1S/C26H29FN6O4S/c1-3-33(2)38(34,35)32-23-7-5-21(27)25(20(23)15-28)37-19-4-6-22-17(12-19)13-24(31-30-22)18-14-26(36-16-18)8-10-29-11-9-26/h4-7,12-13,18,29,32H,3,8-11,14,16H2,1-2H3/t18-/m1/s1.